The molecule has 1 saturated heterocycles. The first-order valence-electron chi connectivity index (χ1n) is 9.57. The molecule has 6 nitrogen and oxygen atoms in total. The Balaban J connectivity index is 1.62. The molecule has 1 fully saturated rings. The molecular weight excluding hydrogens is 362 g/mol. The largest absolute Gasteiger partial charge is 0.356 e. The molecule has 0 saturated carbocycles. The van der Waals surface area contributed by atoms with Gasteiger partial charge in [0.05, 0.1) is 17.4 Å². The molecule has 7 heteroatoms. The van der Waals surface area contributed by atoms with Crippen LogP contribution in [0.2, 0.25) is 0 Å². The minimum atomic E-state index is -0.150. The molecule has 1 unspecified atom stereocenters. The lowest BCUT2D eigenvalue weighted by Gasteiger charge is -2.32. The molecule has 3 rings (SSSR count). The quantitative estimate of drug-likeness (QED) is 0.812. The van der Waals surface area contributed by atoms with Crippen LogP contribution >= 0.6 is 11.8 Å². The summed E-state index contributed by atoms with van der Waals surface area (Å²) in [6.07, 6.45) is 2.60. The van der Waals surface area contributed by atoms with Crippen molar-refractivity contribution in [2.75, 3.05) is 30.7 Å². The molecule has 27 heavy (non-hydrogen) atoms. The number of carbonyl (C=O) groups excluding carboxylic acids is 3. The van der Waals surface area contributed by atoms with Crippen molar-refractivity contribution < 1.29 is 14.4 Å². The third-order valence-corrected chi connectivity index (χ3v) is 6.03. The Kier molecular flexibility index (Phi) is 6.42. The number of piperidine rings is 1. The molecule has 1 aromatic rings. The van der Waals surface area contributed by atoms with Crippen LogP contribution in [0.5, 0.6) is 0 Å². The van der Waals surface area contributed by atoms with Crippen molar-refractivity contribution in [1.29, 1.82) is 0 Å². The van der Waals surface area contributed by atoms with Crippen molar-refractivity contribution in [2.24, 2.45) is 11.8 Å². The van der Waals surface area contributed by atoms with Gasteiger partial charge < -0.3 is 15.5 Å². The van der Waals surface area contributed by atoms with Gasteiger partial charge in [0.1, 0.15) is 0 Å². The van der Waals surface area contributed by atoms with Crippen molar-refractivity contribution >= 4 is 35.2 Å². The Labute approximate surface area is 164 Å². The fourth-order valence-electron chi connectivity index (χ4n) is 3.40. The lowest BCUT2D eigenvalue weighted by atomic mass is 9.96. The van der Waals surface area contributed by atoms with E-state index in [1.807, 2.05) is 6.07 Å². The molecule has 0 radical (unpaired) electrons. The number of nitrogens with one attached hydrogen (secondary N) is 2. The second-order valence-electron chi connectivity index (χ2n) is 7.61. The lowest BCUT2D eigenvalue weighted by molar-refractivity contribution is -0.126. The smallest absolute Gasteiger partial charge is 0.253 e. The van der Waals surface area contributed by atoms with Gasteiger partial charge in [0, 0.05) is 30.1 Å². The van der Waals surface area contributed by atoms with Gasteiger partial charge in [0.25, 0.3) is 5.91 Å². The summed E-state index contributed by atoms with van der Waals surface area (Å²) in [5.74, 6) is 0.720. The minimum Gasteiger partial charge on any atom is -0.356 e. The summed E-state index contributed by atoms with van der Waals surface area (Å²) in [7, 11) is 0. The molecule has 1 atom stereocenters. The molecule has 2 aliphatic rings. The molecule has 2 aliphatic heterocycles. The fraction of sp³-hybridized carbons (Fsp3) is 0.550. The minimum absolute atomic E-state index is 0.0438. The zero-order chi connectivity index (χ0) is 19.4. The van der Waals surface area contributed by atoms with E-state index in [2.05, 4.69) is 24.5 Å². The summed E-state index contributed by atoms with van der Waals surface area (Å²) >= 11 is 1.48. The van der Waals surface area contributed by atoms with Crippen molar-refractivity contribution in [3.8, 4) is 0 Å². The normalized spacial score (nSPS) is 19.4. The van der Waals surface area contributed by atoms with Crippen molar-refractivity contribution in [3.63, 3.8) is 0 Å². The van der Waals surface area contributed by atoms with Gasteiger partial charge in [-0.3, -0.25) is 14.4 Å². The molecule has 0 bridgehead atoms. The molecule has 0 aromatic heterocycles. The first-order chi connectivity index (χ1) is 12.9. The number of carbonyl (C=O) groups is 3. The first kappa shape index (κ1) is 19.7. The molecular formula is C20H27N3O3S. The molecule has 146 valence electrons. The van der Waals surface area contributed by atoms with E-state index >= 15 is 0 Å². The van der Waals surface area contributed by atoms with Crippen molar-refractivity contribution in [1.82, 2.24) is 10.2 Å². The van der Waals surface area contributed by atoms with Crippen LogP contribution in [0.15, 0.2) is 23.1 Å². The Morgan fingerprint density at radius 3 is 2.96 bits per heavy atom. The summed E-state index contributed by atoms with van der Waals surface area (Å²) in [4.78, 5) is 39.6. The summed E-state index contributed by atoms with van der Waals surface area (Å²) < 4.78 is 0. The third kappa shape index (κ3) is 5.03. The number of rotatable bonds is 5. The third-order valence-electron chi connectivity index (χ3n) is 4.96. The van der Waals surface area contributed by atoms with Crippen molar-refractivity contribution in [2.45, 2.75) is 38.0 Å². The molecule has 0 aliphatic carbocycles. The number of amides is 3. The van der Waals surface area contributed by atoms with E-state index < -0.39 is 0 Å². The van der Waals surface area contributed by atoms with Crippen LogP contribution in [0.4, 0.5) is 5.69 Å². The Bertz CT molecular complexity index is 735. The van der Waals surface area contributed by atoms with Gasteiger partial charge in [-0.1, -0.05) is 13.8 Å². The Morgan fingerprint density at radius 2 is 2.19 bits per heavy atom. The predicted molar refractivity (Wildman–Crippen MR) is 107 cm³/mol. The molecule has 1 aromatic carbocycles. The zero-order valence-electron chi connectivity index (χ0n) is 15.9. The van der Waals surface area contributed by atoms with Crippen LogP contribution in [-0.2, 0) is 9.59 Å². The van der Waals surface area contributed by atoms with Gasteiger partial charge in [-0.2, -0.15) is 0 Å². The van der Waals surface area contributed by atoms with Crippen molar-refractivity contribution in [3.05, 3.63) is 23.8 Å². The number of fused-ring (bicyclic) bond motifs is 1. The summed E-state index contributed by atoms with van der Waals surface area (Å²) in [5.41, 5.74) is 1.25. The number of hydrogen-bond acceptors (Lipinski definition) is 4. The van der Waals surface area contributed by atoms with E-state index in [1.54, 1.807) is 17.0 Å². The molecule has 3 amide bonds. The van der Waals surface area contributed by atoms with E-state index in [1.165, 1.54) is 11.8 Å². The van der Waals surface area contributed by atoms with Crippen LogP contribution in [0.25, 0.3) is 0 Å². The second-order valence-corrected chi connectivity index (χ2v) is 8.63. The van der Waals surface area contributed by atoms with Crippen LogP contribution in [-0.4, -0.2) is 48.0 Å². The van der Waals surface area contributed by atoms with Crippen LogP contribution in [0.1, 0.15) is 43.5 Å². The number of benzene rings is 1. The SMILES string of the molecule is CC(C)CCNC(=O)C1CCCN(C(=O)c2ccc3c(c2)NC(=O)CS3)C1. The topological polar surface area (TPSA) is 78.5 Å². The van der Waals surface area contributed by atoms with Crippen LogP contribution < -0.4 is 10.6 Å². The van der Waals surface area contributed by atoms with Crippen LogP contribution in [0, 0.1) is 11.8 Å². The maximum Gasteiger partial charge on any atom is 0.253 e. The fourth-order valence-corrected chi connectivity index (χ4v) is 4.19. The first-order valence-corrected chi connectivity index (χ1v) is 10.6. The highest BCUT2D eigenvalue weighted by molar-refractivity contribution is 8.00. The van der Waals surface area contributed by atoms with Gasteiger partial charge in [-0.15, -0.1) is 11.8 Å². The standard InChI is InChI=1S/C20H27N3O3S/c1-13(2)7-8-21-19(25)15-4-3-9-23(11-15)20(26)14-5-6-17-16(10-14)22-18(24)12-27-17/h5-6,10,13,15H,3-4,7-9,11-12H2,1-2H3,(H,21,25)(H,22,24). The van der Waals surface area contributed by atoms with Gasteiger partial charge in [0.2, 0.25) is 11.8 Å². The monoisotopic (exact) mass is 389 g/mol. The predicted octanol–water partition coefficient (Wildman–Crippen LogP) is 2.75. The number of likely N-dealkylation sites (tertiary alicyclic amines) is 1. The van der Waals surface area contributed by atoms with E-state index in [0.717, 1.165) is 24.2 Å². The van der Waals surface area contributed by atoms with Gasteiger partial charge in [-0.05, 0) is 43.4 Å². The number of thioether (sulfide) groups is 1. The summed E-state index contributed by atoms with van der Waals surface area (Å²) in [5, 5.41) is 5.82. The average molecular weight is 390 g/mol. The lowest BCUT2D eigenvalue weighted by Crippen LogP contribution is -2.45. The van der Waals surface area contributed by atoms with Crippen LogP contribution in [0.3, 0.4) is 0 Å². The number of anilines is 1. The highest BCUT2D eigenvalue weighted by atomic mass is 32.2. The second kappa shape index (κ2) is 8.78. The van der Waals surface area contributed by atoms with E-state index in [4.69, 9.17) is 0 Å². The molecule has 2 N–H and O–H groups in total. The van der Waals surface area contributed by atoms with E-state index in [-0.39, 0.29) is 23.6 Å². The van der Waals surface area contributed by atoms with Gasteiger partial charge in [-0.25, -0.2) is 0 Å². The average Bonchev–Trinajstić information content (AvgIpc) is 2.66. The maximum atomic E-state index is 12.9. The van der Waals surface area contributed by atoms with Gasteiger partial charge >= 0.3 is 0 Å². The molecule has 0 spiro atoms. The zero-order valence-corrected chi connectivity index (χ0v) is 16.7. The number of nitrogens with zero attached hydrogens (tertiary/aromatic N) is 1. The molecule has 2 heterocycles. The number of hydrogen-bond donors (Lipinski definition) is 2. The summed E-state index contributed by atoms with van der Waals surface area (Å²) in [6, 6.07) is 5.43. The van der Waals surface area contributed by atoms with E-state index in [9.17, 15) is 14.4 Å². The van der Waals surface area contributed by atoms with E-state index in [0.29, 0.717) is 42.6 Å². The summed E-state index contributed by atoms with van der Waals surface area (Å²) in [6.45, 7) is 6.06. The highest BCUT2D eigenvalue weighted by Crippen LogP contribution is 2.32. The maximum absolute atomic E-state index is 12.9. The Morgan fingerprint density at radius 1 is 1.37 bits per heavy atom. The highest BCUT2D eigenvalue weighted by Gasteiger charge is 2.29. The van der Waals surface area contributed by atoms with Gasteiger partial charge in [0.15, 0.2) is 0 Å². The Hall–Kier alpha value is -2.02.